The van der Waals surface area contributed by atoms with Crippen molar-refractivity contribution in [2.75, 3.05) is 0 Å². The second-order valence-corrected chi connectivity index (χ2v) is 5.58. The summed E-state index contributed by atoms with van der Waals surface area (Å²) in [6.07, 6.45) is 0.624. The number of hydrogen-bond acceptors (Lipinski definition) is 4. The minimum atomic E-state index is -0.845. The summed E-state index contributed by atoms with van der Waals surface area (Å²) >= 11 is 0. The highest BCUT2D eigenvalue weighted by Crippen LogP contribution is 2.23. The van der Waals surface area contributed by atoms with Crippen LogP contribution in [0.3, 0.4) is 0 Å². The van der Waals surface area contributed by atoms with Gasteiger partial charge in [0.25, 0.3) is 5.97 Å². The van der Waals surface area contributed by atoms with Crippen LogP contribution in [0.5, 0.6) is 0 Å². The fraction of sp³-hybridized carbons (Fsp3) is 0.211. The summed E-state index contributed by atoms with van der Waals surface area (Å²) < 4.78 is 5.71. The first-order valence-electron chi connectivity index (χ1n) is 7.72. The van der Waals surface area contributed by atoms with Gasteiger partial charge in [-0.2, -0.15) is 0 Å². The van der Waals surface area contributed by atoms with E-state index in [1.165, 1.54) is 0 Å². The van der Waals surface area contributed by atoms with Gasteiger partial charge in [0.1, 0.15) is 5.52 Å². The molecule has 130 valence electrons. The van der Waals surface area contributed by atoms with Crippen molar-refractivity contribution >= 4 is 23.0 Å². The average molecular weight is 341 g/mol. The van der Waals surface area contributed by atoms with Crippen molar-refractivity contribution in [2.45, 2.75) is 26.2 Å². The second-order valence-electron chi connectivity index (χ2n) is 5.58. The van der Waals surface area contributed by atoms with Crippen molar-refractivity contribution in [3.8, 4) is 0 Å². The minimum Gasteiger partial charge on any atom is -0.481 e. The molecule has 0 saturated carbocycles. The Bertz CT molecular complexity index is 866. The Morgan fingerprint density at radius 1 is 1.12 bits per heavy atom. The van der Waals surface area contributed by atoms with Gasteiger partial charge in [0.05, 0.1) is 5.92 Å². The van der Waals surface area contributed by atoms with Crippen molar-refractivity contribution in [3.63, 3.8) is 0 Å². The van der Waals surface area contributed by atoms with Gasteiger partial charge in [-0.1, -0.05) is 36.4 Å². The van der Waals surface area contributed by atoms with Gasteiger partial charge in [0.2, 0.25) is 0 Å². The third-order valence-electron chi connectivity index (χ3n) is 3.52. The van der Waals surface area contributed by atoms with Crippen molar-refractivity contribution in [2.24, 2.45) is 0 Å². The SMILES string of the molecule is CC(=O)O.CC(C(=O)O)c1ccc2oc(Cc3ccccc3)nc2c1. The zero-order valence-electron chi connectivity index (χ0n) is 14.0. The molecule has 2 N–H and O–H groups in total. The van der Waals surface area contributed by atoms with Gasteiger partial charge in [-0.05, 0) is 30.2 Å². The lowest BCUT2D eigenvalue weighted by Crippen LogP contribution is -2.06. The molecule has 1 heterocycles. The Labute approximate surface area is 144 Å². The smallest absolute Gasteiger partial charge is 0.310 e. The Hall–Kier alpha value is -3.15. The summed E-state index contributed by atoms with van der Waals surface area (Å²) in [7, 11) is 0. The molecule has 0 aliphatic rings. The minimum absolute atomic E-state index is 0.552. The van der Waals surface area contributed by atoms with Gasteiger partial charge >= 0.3 is 5.97 Å². The lowest BCUT2D eigenvalue weighted by Gasteiger charge is -2.04. The Kier molecular flexibility index (Phi) is 5.89. The van der Waals surface area contributed by atoms with Crippen LogP contribution in [0.1, 0.15) is 36.8 Å². The van der Waals surface area contributed by atoms with Gasteiger partial charge in [-0.25, -0.2) is 4.98 Å². The van der Waals surface area contributed by atoms with E-state index in [-0.39, 0.29) is 0 Å². The molecule has 3 aromatic rings. The Morgan fingerprint density at radius 2 is 1.76 bits per heavy atom. The molecule has 2 aromatic carbocycles. The van der Waals surface area contributed by atoms with E-state index in [1.54, 1.807) is 25.1 Å². The molecule has 0 saturated heterocycles. The summed E-state index contributed by atoms with van der Waals surface area (Å²) in [5.74, 6) is -1.60. The predicted molar refractivity (Wildman–Crippen MR) is 92.6 cm³/mol. The summed E-state index contributed by atoms with van der Waals surface area (Å²) in [5.41, 5.74) is 3.24. The van der Waals surface area contributed by atoms with E-state index in [4.69, 9.17) is 19.4 Å². The maximum absolute atomic E-state index is 11.0. The second kappa shape index (κ2) is 8.10. The fourth-order valence-corrected chi connectivity index (χ4v) is 2.25. The third kappa shape index (κ3) is 5.17. The molecule has 0 aliphatic heterocycles. The number of carboxylic acids is 2. The molecule has 0 aliphatic carbocycles. The topological polar surface area (TPSA) is 101 Å². The van der Waals surface area contributed by atoms with Crippen LogP contribution in [-0.4, -0.2) is 27.1 Å². The van der Waals surface area contributed by atoms with Crippen LogP contribution < -0.4 is 0 Å². The van der Waals surface area contributed by atoms with Crippen LogP contribution in [0.4, 0.5) is 0 Å². The molecule has 0 spiro atoms. The molecule has 0 amide bonds. The van der Waals surface area contributed by atoms with Crippen LogP contribution in [0.15, 0.2) is 52.9 Å². The van der Waals surface area contributed by atoms with E-state index in [0.29, 0.717) is 23.4 Å². The first kappa shape index (κ1) is 18.2. The molecule has 3 rings (SSSR count). The molecule has 0 bridgehead atoms. The van der Waals surface area contributed by atoms with Crippen LogP contribution in [0.2, 0.25) is 0 Å². The first-order valence-corrected chi connectivity index (χ1v) is 7.72. The molecule has 25 heavy (non-hydrogen) atoms. The van der Waals surface area contributed by atoms with Gasteiger partial charge in [-0.15, -0.1) is 0 Å². The largest absolute Gasteiger partial charge is 0.481 e. The monoisotopic (exact) mass is 341 g/mol. The molecular weight excluding hydrogens is 322 g/mol. The zero-order valence-corrected chi connectivity index (χ0v) is 14.0. The normalized spacial score (nSPS) is 11.4. The summed E-state index contributed by atoms with van der Waals surface area (Å²) in [6.45, 7) is 2.74. The highest BCUT2D eigenvalue weighted by molar-refractivity contribution is 5.79. The maximum atomic E-state index is 11.0. The van der Waals surface area contributed by atoms with Gasteiger partial charge < -0.3 is 14.6 Å². The lowest BCUT2D eigenvalue weighted by atomic mass is 10.0. The van der Waals surface area contributed by atoms with Crippen LogP contribution >= 0.6 is 0 Å². The predicted octanol–water partition coefficient (Wildman–Crippen LogP) is 3.70. The summed E-state index contributed by atoms with van der Waals surface area (Å²) in [4.78, 5) is 24.5. The van der Waals surface area contributed by atoms with Crippen molar-refractivity contribution in [3.05, 3.63) is 65.5 Å². The molecule has 1 unspecified atom stereocenters. The number of aromatic nitrogens is 1. The maximum Gasteiger partial charge on any atom is 0.310 e. The Balaban J connectivity index is 0.000000511. The van der Waals surface area contributed by atoms with Crippen molar-refractivity contribution in [1.29, 1.82) is 0 Å². The molecular formula is C19H19NO5. The number of carbonyl (C=O) groups is 2. The number of hydrogen-bond donors (Lipinski definition) is 2. The van der Waals surface area contributed by atoms with Crippen LogP contribution in [-0.2, 0) is 16.0 Å². The van der Waals surface area contributed by atoms with Crippen LogP contribution in [0, 0.1) is 0 Å². The standard InChI is InChI=1S/C17H15NO3.C2H4O2/c1-11(17(19)20)13-7-8-15-14(10-13)18-16(21-15)9-12-5-3-2-4-6-12;1-2(3)4/h2-8,10-11H,9H2,1H3,(H,19,20);1H3,(H,3,4). The van der Waals surface area contributed by atoms with Crippen LogP contribution in [0.25, 0.3) is 11.1 Å². The number of nitrogens with zero attached hydrogens (tertiary/aromatic N) is 1. The number of fused-ring (bicyclic) bond motifs is 1. The van der Waals surface area contributed by atoms with E-state index in [0.717, 1.165) is 18.1 Å². The van der Waals surface area contributed by atoms with Gasteiger partial charge in [0, 0.05) is 13.3 Å². The fourth-order valence-electron chi connectivity index (χ4n) is 2.25. The van der Waals surface area contributed by atoms with Crippen molar-refractivity contribution in [1.82, 2.24) is 4.98 Å². The van der Waals surface area contributed by atoms with E-state index in [1.807, 2.05) is 30.3 Å². The Morgan fingerprint density at radius 3 is 2.36 bits per heavy atom. The van der Waals surface area contributed by atoms with E-state index < -0.39 is 17.9 Å². The van der Waals surface area contributed by atoms with E-state index in [9.17, 15) is 4.79 Å². The molecule has 6 nitrogen and oxygen atoms in total. The number of carboxylic acid groups (broad SMARTS) is 2. The molecule has 6 heteroatoms. The summed E-state index contributed by atoms with van der Waals surface area (Å²) in [6, 6.07) is 15.3. The number of oxazole rings is 1. The number of benzene rings is 2. The highest BCUT2D eigenvalue weighted by atomic mass is 16.4. The average Bonchev–Trinajstić information content (AvgIpc) is 2.95. The molecule has 0 fully saturated rings. The first-order chi connectivity index (χ1) is 11.9. The lowest BCUT2D eigenvalue weighted by molar-refractivity contribution is -0.138. The highest BCUT2D eigenvalue weighted by Gasteiger charge is 2.15. The number of aliphatic carboxylic acids is 2. The number of rotatable bonds is 4. The summed E-state index contributed by atoms with van der Waals surface area (Å²) in [5, 5.41) is 16.5. The molecule has 1 atom stereocenters. The van der Waals surface area contributed by atoms with Crippen molar-refractivity contribution < 1.29 is 24.2 Å². The zero-order chi connectivity index (χ0) is 18.4. The molecule has 1 aromatic heterocycles. The molecule has 0 radical (unpaired) electrons. The van der Waals surface area contributed by atoms with Gasteiger partial charge in [-0.3, -0.25) is 9.59 Å². The van der Waals surface area contributed by atoms with Gasteiger partial charge in [0.15, 0.2) is 11.5 Å². The quantitative estimate of drug-likeness (QED) is 0.750. The third-order valence-corrected chi connectivity index (χ3v) is 3.52. The van der Waals surface area contributed by atoms with E-state index >= 15 is 0 Å². The van der Waals surface area contributed by atoms with E-state index in [2.05, 4.69) is 4.98 Å².